The molecule has 3 heteroatoms. The number of amides is 1. The van der Waals surface area contributed by atoms with Gasteiger partial charge in [0.1, 0.15) is 0 Å². The van der Waals surface area contributed by atoms with Gasteiger partial charge in [-0.15, -0.1) is 0 Å². The van der Waals surface area contributed by atoms with Crippen molar-refractivity contribution in [1.29, 1.82) is 0 Å². The summed E-state index contributed by atoms with van der Waals surface area (Å²) in [4.78, 5) is 13.6. The van der Waals surface area contributed by atoms with E-state index in [0.717, 1.165) is 0 Å². The average Bonchev–Trinajstić information content (AvgIpc) is 2.42. The van der Waals surface area contributed by atoms with Crippen molar-refractivity contribution in [3.05, 3.63) is 35.4 Å². The van der Waals surface area contributed by atoms with Crippen LogP contribution in [0.5, 0.6) is 0 Å². The third-order valence-corrected chi connectivity index (χ3v) is 4.52. The summed E-state index contributed by atoms with van der Waals surface area (Å²) in [5, 5.41) is 3.05. The molecule has 20 heavy (non-hydrogen) atoms. The number of carbonyl (C=O) groups excluding carboxylic acids is 1. The molecule has 1 aliphatic heterocycles. The van der Waals surface area contributed by atoms with Gasteiger partial charge in [-0.1, -0.05) is 29.8 Å². The summed E-state index contributed by atoms with van der Waals surface area (Å²) in [7, 11) is 0. The number of nitrogens with one attached hydrogen (secondary N) is 2. The number of carbonyl (C=O) groups is 1. The fourth-order valence-corrected chi connectivity index (χ4v) is 3.09. The summed E-state index contributed by atoms with van der Waals surface area (Å²) in [5.74, 6) is 0.168. The van der Waals surface area contributed by atoms with E-state index in [1.807, 2.05) is 0 Å². The first-order valence-electron chi connectivity index (χ1n) is 7.74. The third kappa shape index (κ3) is 4.07. The van der Waals surface area contributed by atoms with E-state index in [1.54, 1.807) is 0 Å². The zero-order valence-corrected chi connectivity index (χ0v) is 12.9. The Morgan fingerprint density at radius 2 is 1.80 bits per heavy atom. The van der Waals surface area contributed by atoms with Crippen LogP contribution in [0, 0.1) is 6.92 Å². The van der Waals surface area contributed by atoms with Crippen LogP contribution in [0.1, 0.15) is 44.2 Å². The Morgan fingerprint density at radius 1 is 1.20 bits per heavy atom. The summed E-state index contributed by atoms with van der Waals surface area (Å²) in [6.07, 6.45) is 3.78. The highest BCUT2D eigenvalue weighted by atomic mass is 16.2. The van der Waals surface area contributed by atoms with Crippen LogP contribution in [-0.4, -0.2) is 24.5 Å². The van der Waals surface area contributed by atoms with Crippen molar-refractivity contribution < 1.29 is 9.69 Å². The molecule has 1 fully saturated rings. The second-order valence-electron chi connectivity index (χ2n) is 6.25. The molecule has 1 amide bonds. The molecule has 0 aliphatic carbocycles. The van der Waals surface area contributed by atoms with Gasteiger partial charge in [-0.05, 0) is 45.6 Å². The molecular formula is C17H27N2O+. The SMILES string of the molecule is Cc1ccc(CNC(=O)C[NH+]2[C@H](C)CCC[C@@H]2C)cc1. The number of likely N-dealkylation sites (tertiary alicyclic amines) is 1. The number of rotatable bonds is 4. The van der Waals surface area contributed by atoms with Crippen molar-refractivity contribution >= 4 is 5.91 Å². The fourth-order valence-electron chi connectivity index (χ4n) is 3.09. The predicted octanol–water partition coefficient (Wildman–Crippen LogP) is 1.46. The largest absolute Gasteiger partial charge is 0.347 e. The smallest absolute Gasteiger partial charge is 0.275 e. The van der Waals surface area contributed by atoms with Gasteiger partial charge >= 0.3 is 0 Å². The van der Waals surface area contributed by atoms with Crippen LogP contribution in [0.3, 0.4) is 0 Å². The second kappa shape index (κ2) is 6.89. The second-order valence-corrected chi connectivity index (χ2v) is 6.25. The number of piperidine rings is 1. The van der Waals surface area contributed by atoms with Gasteiger partial charge in [-0.3, -0.25) is 4.79 Å². The lowest BCUT2D eigenvalue weighted by atomic mass is 9.97. The van der Waals surface area contributed by atoms with Gasteiger partial charge in [0.15, 0.2) is 6.54 Å². The maximum atomic E-state index is 12.1. The Balaban J connectivity index is 1.81. The van der Waals surface area contributed by atoms with Crippen LogP contribution < -0.4 is 10.2 Å². The minimum atomic E-state index is 0.168. The maximum Gasteiger partial charge on any atom is 0.275 e. The first-order valence-corrected chi connectivity index (χ1v) is 7.74. The van der Waals surface area contributed by atoms with Gasteiger partial charge in [-0.25, -0.2) is 0 Å². The number of hydrogen-bond donors (Lipinski definition) is 2. The molecule has 0 saturated carbocycles. The Bertz CT molecular complexity index is 431. The van der Waals surface area contributed by atoms with E-state index < -0.39 is 0 Å². The van der Waals surface area contributed by atoms with Crippen LogP contribution in [0.25, 0.3) is 0 Å². The van der Waals surface area contributed by atoms with Crippen LogP contribution in [0.2, 0.25) is 0 Å². The zero-order chi connectivity index (χ0) is 14.5. The summed E-state index contributed by atoms with van der Waals surface area (Å²) < 4.78 is 0. The van der Waals surface area contributed by atoms with E-state index in [0.29, 0.717) is 25.2 Å². The standard InChI is InChI=1S/C17H26N2O/c1-13-7-9-16(10-8-13)11-18-17(20)12-19-14(2)5-4-6-15(19)3/h7-10,14-15H,4-6,11-12H2,1-3H3,(H,18,20)/p+1/t14-,15+. The highest BCUT2D eigenvalue weighted by Gasteiger charge is 2.29. The molecular weight excluding hydrogens is 248 g/mol. The molecule has 0 radical (unpaired) electrons. The van der Waals surface area contributed by atoms with Crippen molar-refractivity contribution in [1.82, 2.24) is 5.32 Å². The summed E-state index contributed by atoms with van der Waals surface area (Å²) in [6, 6.07) is 9.53. The molecule has 1 saturated heterocycles. The monoisotopic (exact) mass is 275 g/mol. The Hall–Kier alpha value is -1.35. The van der Waals surface area contributed by atoms with E-state index >= 15 is 0 Å². The van der Waals surface area contributed by atoms with E-state index in [-0.39, 0.29) is 5.91 Å². The van der Waals surface area contributed by atoms with Gasteiger partial charge < -0.3 is 10.2 Å². The van der Waals surface area contributed by atoms with E-state index in [1.165, 1.54) is 35.3 Å². The lowest BCUT2D eigenvalue weighted by Crippen LogP contribution is -3.20. The van der Waals surface area contributed by atoms with Crippen molar-refractivity contribution in [3.8, 4) is 0 Å². The molecule has 1 unspecified atom stereocenters. The van der Waals surface area contributed by atoms with Crippen molar-refractivity contribution in [2.75, 3.05) is 6.54 Å². The van der Waals surface area contributed by atoms with Crippen LogP contribution in [0.15, 0.2) is 24.3 Å². The quantitative estimate of drug-likeness (QED) is 0.857. The molecule has 0 spiro atoms. The summed E-state index contributed by atoms with van der Waals surface area (Å²) >= 11 is 0. The van der Waals surface area contributed by atoms with Gasteiger partial charge in [-0.2, -0.15) is 0 Å². The molecule has 110 valence electrons. The van der Waals surface area contributed by atoms with Crippen LogP contribution in [-0.2, 0) is 11.3 Å². The number of benzene rings is 1. The Labute approximate surface area is 122 Å². The van der Waals surface area contributed by atoms with Gasteiger partial charge in [0, 0.05) is 6.54 Å². The van der Waals surface area contributed by atoms with Crippen LogP contribution in [0.4, 0.5) is 0 Å². The summed E-state index contributed by atoms with van der Waals surface area (Å²) in [5.41, 5.74) is 2.42. The van der Waals surface area contributed by atoms with Crippen LogP contribution >= 0.6 is 0 Å². The van der Waals surface area contributed by atoms with Gasteiger partial charge in [0.05, 0.1) is 12.1 Å². The maximum absolute atomic E-state index is 12.1. The topological polar surface area (TPSA) is 33.5 Å². The minimum Gasteiger partial charge on any atom is -0.347 e. The molecule has 2 rings (SSSR count). The molecule has 1 aliphatic rings. The van der Waals surface area contributed by atoms with Crippen molar-refractivity contribution in [2.45, 2.75) is 58.7 Å². The minimum absolute atomic E-state index is 0.168. The zero-order valence-electron chi connectivity index (χ0n) is 12.9. The number of quaternary nitrogens is 1. The summed E-state index contributed by atoms with van der Waals surface area (Å²) in [6.45, 7) is 7.84. The Kier molecular flexibility index (Phi) is 5.18. The molecule has 1 aromatic carbocycles. The normalized spacial score (nSPS) is 26.2. The molecule has 0 bridgehead atoms. The molecule has 3 nitrogen and oxygen atoms in total. The lowest BCUT2D eigenvalue weighted by molar-refractivity contribution is -0.944. The average molecular weight is 275 g/mol. The lowest BCUT2D eigenvalue weighted by Gasteiger charge is -2.35. The first-order chi connectivity index (χ1) is 9.56. The van der Waals surface area contributed by atoms with E-state index in [9.17, 15) is 4.79 Å². The number of hydrogen-bond acceptors (Lipinski definition) is 1. The molecule has 1 heterocycles. The predicted molar refractivity (Wildman–Crippen MR) is 81.6 cm³/mol. The van der Waals surface area contributed by atoms with Gasteiger partial charge in [0.2, 0.25) is 0 Å². The highest BCUT2D eigenvalue weighted by molar-refractivity contribution is 5.76. The molecule has 2 N–H and O–H groups in total. The Morgan fingerprint density at radius 3 is 2.40 bits per heavy atom. The molecule has 3 atom stereocenters. The van der Waals surface area contributed by atoms with Gasteiger partial charge in [0.25, 0.3) is 5.91 Å². The first kappa shape index (κ1) is 15.0. The van der Waals surface area contributed by atoms with Crippen molar-refractivity contribution in [2.24, 2.45) is 0 Å². The number of aryl methyl sites for hydroxylation is 1. The highest BCUT2D eigenvalue weighted by Crippen LogP contribution is 2.07. The third-order valence-electron chi connectivity index (χ3n) is 4.52. The van der Waals surface area contributed by atoms with E-state index in [2.05, 4.69) is 50.4 Å². The van der Waals surface area contributed by atoms with Crippen molar-refractivity contribution in [3.63, 3.8) is 0 Å². The molecule has 0 aromatic heterocycles. The molecule has 1 aromatic rings. The van der Waals surface area contributed by atoms with E-state index in [4.69, 9.17) is 0 Å². The fraction of sp³-hybridized carbons (Fsp3) is 0.588.